The van der Waals surface area contributed by atoms with Gasteiger partial charge in [-0.05, 0) is 38.5 Å². The van der Waals surface area contributed by atoms with Crippen LogP contribution in [0.3, 0.4) is 0 Å². The second kappa shape index (κ2) is 8.67. The number of aliphatic hydroxyl groups excluding tert-OH is 1. The fourth-order valence-electron chi connectivity index (χ4n) is 3.82. The Kier molecular flexibility index (Phi) is 6.88. The lowest BCUT2D eigenvalue weighted by molar-refractivity contribution is -0.139. The van der Waals surface area contributed by atoms with E-state index in [9.17, 15) is 14.7 Å². The van der Waals surface area contributed by atoms with E-state index in [0.29, 0.717) is 38.3 Å². The molecular weight excluding hydrogens is 292 g/mol. The Balaban J connectivity index is 1.73. The van der Waals surface area contributed by atoms with Gasteiger partial charge in [-0.2, -0.15) is 0 Å². The number of amides is 2. The van der Waals surface area contributed by atoms with Crippen LogP contribution in [0.1, 0.15) is 64.7 Å². The maximum atomic E-state index is 12.4. The van der Waals surface area contributed by atoms with Crippen LogP contribution in [0.5, 0.6) is 0 Å². The van der Waals surface area contributed by atoms with Gasteiger partial charge in [-0.3, -0.25) is 9.59 Å². The molecule has 0 aromatic heterocycles. The zero-order valence-electron chi connectivity index (χ0n) is 14.7. The van der Waals surface area contributed by atoms with E-state index in [-0.39, 0.29) is 30.4 Å². The van der Waals surface area contributed by atoms with Gasteiger partial charge in [0.25, 0.3) is 0 Å². The van der Waals surface area contributed by atoms with Crippen molar-refractivity contribution in [3.05, 3.63) is 0 Å². The molecule has 132 valence electrons. The number of aliphatic hydroxyl groups is 1. The molecule has 0 aromatic rings. The van der Waals surface area contributed by atoms with Crippen LogP contribution in [0.15, 0.2) is 0 Å². The molecule has 1 unspecified atom stereocenters. The van der Waals surface area contributed by atoms with Crippen molar-refractivity contribution in [1.29, 1.82) is 0 Å². The van der Waals surface area contributed by atoms with E-state index < -0.39 is 0 Å². The smallest absolute Gasteiger partial charge is 0.223 e. The molecule has 1 saturated heterocycles. The molecule has 5 heteroatoms. The molecule has 2 aliphatic rings. The molecule has 1 aliphatic heterocycles. The highest BCUT2D eigenvalue weighted by atomic mass is 16.3. The fraction of sp³-hybridized carbons (Fsp3) is 0.889. The van der Waals surface area contributed by atoms with Crippen LogP contribution in [0.25, 0.3) is 0 Å². The van der Waals surface area contributed by atoms with Crippen LogP contribution in [0.4, 0.5) is 0 Å². The summed E-state index contributed by atoms with van der Waals surface area (Å²) in [6.07, 6.45) is 7.91. The SMILES string of the molecule is CC(C1CCCCC1)N(C)C(=O)CCC(=O)N1CCC(O)CC1. The molecule has 1 N–H and O–H groups in total. The summed E-state index contributed by atoms with van der Waals surface area (Å²) < 4.78 is 0. The number of likely N-dealkylation sites (tertiary alicyclic amines) is 1. The van der Waals surface area contributed by atoms with Gasteiger partial charge in [0.15, 0.2) is 0 Å². The zero-order valence-corrected chi connectivity index (χ0v) is 14.7. The van der Waals surface area contributed by atoms with E-state index in [4.69, 9.17) is 0 Å². The molecule has 1 aliphatic carbocycles. The number of piperidine rings is 1. The van der Waals surface area contributed by atoms with Crippen molar-refractivity contribution in [2.45, 2.75) is 76.9 Å². The number of carbonyl (C=O) groups is 2. The highest BCUT2D eigenvalue weighted by molar-refractivity contribution is 5.83. The highest BCUT2D eigenvalue weighted by Crippen LogP contribution is 2.28. The number of nitrogens with zero attached hydrogens (tertiary/aromatic N) is 2. The van der Waals surface area contributed by atoms with Gasteiger partial charge in [-0.1, -0.05) is 19.3 Å². The van der Waals surface area contributed by atoms with E-state index in [1.54, 1.807) is 4.90 Å². The molecule has 2 rings (SSSR count). The maximum absolute atomic E-state index is 12.4. The topological polar surface area (TPSA) is 60.9 Å². The molecule has 2 amide bonds. The third kappa shape index (κ3) is 5.20. The Morgan fingerprint density at radius 1 is 1.09 bits per heavy atom. The minimum atomic E-state index is -0.275. The van der Waals surface area contributed by atoms with Crippen molar-refractivity contribution in [1.82, 2.24) is 9.80 Å². The Morgan fingerprint density at radius 3 is 2.30 bits per heavy atom. The minimum Gasteiger partial charge on any atom is -0.393 e. The molecule has 0 bridgehead atoms. The second-order valence-corrected chi connectivity index (χ2v) is 7.26. The molecule has 0 radical (unpaired) electrons. The average molecular weight is 324 g/mol. The van der Waals surface area contributed by atoms with Crippen molar-refractivity contribution in [3.8, 4) is 0 Å². The van der Waals surface area contributed by atoms with Crippen molar-refractivity contribution < 1.29 is 14.7 Å². The maximum Gasteiger partial charge on any atom is 0.223 e. The Bertz CT molecular complexity index is 399. The van der Waals surface area contributed by atoms with Gasteiger partial charge < -0.3 is 14.9 Å². The number of hydrogen-bond acceptors (Lipinski definition) is 3. The van der Waals surface area contributed by atoms with E-state index in [0.717, 1.165) is 0 Å². The van der Waals surface area contributed by atoms with Gasteiger partial charge in [0.05, 0.1) is 6.10 Å². The van der Waals surface area contributed by atoms with Gasteiger partial charge in [0, 0.05) is 39.0 Å². The van der Waals surface area contributed by atoms with Gasteiger partial charge in [-0.15, -0.1) is 0 Å². The molecule has 0 aromatic carbocycles. The van der Waals surface area contributed by atoms with Crippen molar-refractivity contribution in [3.63, 3.8) is 0 Å². The summed E-state index contributed by atoms with van der Waals surface area (Å²) >= 11 is 0. The summed E-state index contributed by atoms with van der Waals surface area (Å²) in [5, 5.41) is 9.49. The third-order valence-electron chi connectivity index (χ3n) is 5.71. The van der Waals surface area contributed by atoms with E-state index >= 15 is 0 Å². The number of hydrogen-bond donors (Lipinski definition) is 1. The van der Waals surface area contributed by atoms with Crippen molar-refractivity contribution in [2.75, 3.05) is 20.1 Å². The zero-order chi connectivity index (χ0) is 16.8. The van der Waals surface area contributed by atoms with Gasteiger partial charge in [0.1, 0.15) is 0 Å². The first-order valence-electron chi connectivity index (χ1n) is 9.20. The van der Waals surface area contributed by atoms with E-state index in [2.05, 4.69) is 6.92 Å². The van der Waals surface area contributed by atoms with Crippen LogP contribution in [-0.2, 0) is 9.59 Å². The molecule has 1 atom stereocenters. The predicted molar refractivity (Wildman–Crippen MR) is 89.9 cm³/mol. The first-order chi connectivity index (χ1) is 11.0. The quantitative estimate of drug-likeness (QED) is 0.843. The largest absolute Gasteiger partial charge is 0.393 e. The third-order valence-corrected chi connectivity index (χ3v) is 5.71. The first kappa shape index (κ1) is 18.2. The van der Waals surface area contributed by atoms with Crippen LogP contribution < -0.4 is 0 Å². The van der Waals surface area contributed by atoms with Crippen LogP contribution >= 0.6 is 0 Å². The summed E-state index contributed by atoms with van der Waals surface area (Å²) in [7, 11) is 1.88. The standard InChI is InChI=1S/C18H32N2O3/c1-14(15-6-4-3-5-7-15)19(2)17(22)8-9-18(23)20-12-10-16(21)11-13-20/h14-16,21H,3-13H2,1-2H3. The lowest BCUT2D eigenvalue weighted by Crippen LogP contribution is -2.42. The molecule has 1 heterocycles. The monoisotopic (exact) mass is 324 g/mol. The van der Waals surface area contributed by atoms with Gasteiger partial charge >= 0.3 is 0 Å². The highest BCUT2D eigenvalue weighted by Gasteiger charge is 2.27. The normalized spacial score (nSPS) is 22.0. The van der Waals surface area contributed by atoms with Gasteiger partial charge in [-0.25, -0.2) is 0 Å². The second-order valence-electron chi connectivity index (χ2n) is 7.26. The summed E-state index contributed by atoms with van der Waals surface area (Å²) in [6, 6.07) is 0.267. The molecule has 5 nitrogen and oxygen atoms in total. The van der Waals surface area contributed by atoms with Crippen LogP contribution in [0.2, 0.25) is 0 Å². The minimum absolute atomic E-state index is 0.0453. The average Bonchev–Trinajstić information content (AvgIpc) is 2.59. The summed E-state index contributed by atoms with van der Waals surface area (Å²) in [4.78, 5) is 28.2. The van der Waals surface area contributed by atoms with E-state index in [1.165, 1.54) is 32.1 Å². The Morgan fingerprint density at radius 2 is 1.70 bits per heavy atom. The van der Waals surface area contributed by atoms with Crippen LogP contribution in [-0.4, -0.2) is 59.0 Å². The molecule has 1 saturated carbocycles. The lowest BCUT2D eigenvalue weighted by atomic mass is 9.84. The predicted octanol–water partition coefficient (Wildman–Crippen LogP) is 2.18. The molecule has 0 spiro atoms. The number of carbonyl (C=O) groups excluding carboxylic acids is 2. The van der Waals surface area contributed by atoms with Crippen LogP contribution in [0, 0.1) is 5.92 Å². The number of rotatable bonds is 5. The van der Waals surface area contributed by atoms with Crippen molar-refractivity contribution in [2.24, 2.45) is 5.92 Å². The molecule has 2 fully saturated rings. The van der Waals surface area contributed by atoms with E-state index in [1.807, 2.05) is 11.9 Å². The van der Waals surface area contributed by atoms with Gasteiger partial charge in [0.2, 0.25) is 11.8 Å². The molecule has 23 heavy (non-hydrogen) atoms. The van der Waals surface area contributed by atoms with Crippen molar-refractivity contribution >= 4 is 11.8 Å². The molecular formula is C18H32N2O3. The summed E-state index contributed by atoms with van der Waals surface area (Å²) in [5.74, 6) is 0.731. The Hall–Kier alpha value is -1.10. The first-order valence-corrected chi connectivity index (χ1v) is 9.20. The summed E-state index contributed by atoms with van der Waals surface area (Å²) in [6.45, 7) is 3.37. The summed E-state index contributed by atoms with van der Waals surface area (Å²) in [5.41, 5.74) is 0. The lowest BCUT2D eigenvalue weighted by Gasteiger charge is -2.34. The fourth-order valence-corrected chi connectivity index (χ4v) is 3.82. The Labute approximate surface area is 140 Å².